The van der Waals surface area contributed by atoms with E-state index in [9.17, 15) is 9.90 Å². The number of carbonyl (C=O) groups excluding carboxylic acids is 1. The first kappa shape index (κ1) is 12.3. The maximum Gasteiger partial charge on any atom is 0.407 e. The van der Waals surface area contributed by atoms with Gasteiger partial charge in [0, 0.05) is 19.1 Å². The molecule has 0 aromatic rings. The number of amides is 1. The van der Waals surface area contributed by atoms with E-state index in [-0.39, 0.29) is 6.04 Å². The highest BCUT2D eigenvalue weighted by atomic mass is 16.6. The SMILES string of the molecule is CC(C)(C)OC(=O)N[C@H]1CNC[C@H](O)C1. The highest BCUT2D eigenvalue weighted by Gasteiger charge is 2.23. The number of piperidine rings is 1. The zero-order valence-corrected chi connectivity index (χ0v) is 9.54. The van der Waals surface area contributed by atoms with Crippen molar-refractivity contribution >= 4 is 6.09 Å². The highest BCUT2D eigenvalue weighted by molar-refractivity contribution is 5.68. The lowest BCUT2D eigenvalue weighted by molar-refractivity contribution is 0.0463. The molecule has 88 valence electrons. The third kappa shape index (κ3) is 4.99. The van der Waals surface area contributed by atoms with Gasteiger partial charge < -0.3 is 20.5 Å². The molecule has 1 saturated heterocycles. The van der Waals surface area contributed by atoms with Crippen LogP contribution in [0.15, 0.2) is 0 Å². The fourth-order valence-corrected chi connectivity index (χ4v) is 1.50. The molecule has 0 aromatic carbocycles. The van der Waals surface area contributed by atoms with Gasteiger partial charge in [0.2, 0.25) is 0 Å². The summed E-state index contributed by atoms with van der Waals surface area (Å²) < 4.78 is 5.12. The Balaban J connectivity index is 2.31. The molecule has 0 bridgehead atoms. The second kappa shape index (κ2) is 4.81. The van der Waals surface area contributed by atoms with Crippen molar-refractivity contribution in [3.05, 3.63) is 0 Å². The van der Waals surface area contributed by atoms with Gasteiger partial charge in [-0.15, -0.1) is 0 Å². The van der Waals surface area contributed by atoms with Crippen molar-refractivity contribution in [3.63, 3.8) is 0 Å². The van der Waals surface area contributed by atoms with Gasteiger partial charge in [0.15, 0.2) is 0 Å². The van der Waals surface area contributed by atoms with Crippen LogP contribution >= 0.6 is 0 Å². The van der Waals surface area contributed by atoms with E-state index in [2.05, 4.69) is 10.6 Å². The van der Waals surface area contributed by atoms with E-state index < -0.39 is 17.8 Å². The number of rotatable bonds is 1. The Kier molecular flexibility index (Phi) is 3.93. The minimum atomic E-state index is -0.481. The van der Waals surface area contributed by atoms with Crippen LogP contribution in [0.3, 0.4) is 0 Å². The third-order valence-electron chi connectivity index (χ3n) is 2.05. The van der Waals surface area contributed by atoms with Crippen molar-refractivity contribution < 1.29 is 14.6 Å². The van der Waals surface area contributed by atoms with E-state index >= 15 is 0 Å². The Labute approximate surface area is 90.2 Å². The van der Waals surface area contributed by atoms with Gasteiger partial charge in [-0.3, -0.25) is 0 Å². The first-order valence-corrected chi connectivity index (χ1v) is 5.25. The van der Waals surface area contributed by atoms with Crippen molar-refractivity contribution in [1.29, 1.82) is 0 Å². The first-order chi connectivity index (χ1) is 6.87. The maximum atomic E-state index is 11.4. The molecular formula is C10H20N2O3. The predicted octanol–water partition coefficient (Wildman–Crippen LogP) is 0.234. The van der Waals surface area contributed by atoms with Gasteiger partial charge in [0.25, 0.3) is 0 Å². The molecule has 0 aromatic heterocycles. The molecule has 1 heterocycles. The van der Waals surface area contributed by atoms with Crippen LogP contribution in [0, 0.1) is 0 Å². The van der Waals surface area contributed by atoms with Crippen molar-refractivity contribution in [1.82, 2.24) is 10.6 Å². The van der Waals surface area contributed by atoms with Crippen molar-refractivity contribution in [2.24, 2.45) is 0 Å². The summed E-state index contributed by atoms with van der Waals surface area (Å²) in [5, 5.41) is 15.1. The summed E-state index contributed by atoms with van der Waals surface area (Å²) in [5.74, 6) is 0. The van der Waals surface area contributed by atoms with E-state index in [1.165, 1.54) is 0 Å². The van der Waals surface area contributed by atoms with Crippen LogP contribution in [0.5, 0.6) is 0 Å². The second-order valence-corrected chi connectivity index (χ2v) is 4.89. The van der Waals surface area contributed by atoms with Gasteiger partial charge in [0.1, 0.15) is 5.60 Å². The number of alkyl carbamates (subject to hydrolysis) is 1. The first-order valence-electron chi connectivity index (χ1n) is 5.25. The molecule has 1 rings (SSSR count). The van der Waals surface area contributed by atoms with Gasteiger partial charge >= 0.3 is 6.09 Å². The summed E-state index contributed by atoms with van der Waals surface area (Å²) in [6.45, 7) is 6.73. The molecule has 0 saturated carbocycles. The molecule has 1 aliphatic heterocycles. The second-order valence-electron chi connectivity index (χ2n) is 4.89. The van der Waals surface area contributed by atoms with Crippen LogP contribution in [-0.4, -0.2) is 42.0 Å². The Morgan fingerprint density at radius 2 is 2.13 bits per heavy atom. The fraction of sp³-hybridized carbons (Fsp3) is 0.900. The highest BCUT2D eigenvalue weighted by Crippen LogP contribution is 2.08. The van der Waals surface area contributed by atoms with Crippen molar-refractivity contribution in [3.8, 4) is 0 Å². The molecule has 0 aliphatic carbocycles. The lowest BCUT2D eigenvalue weighted by Gasteiger charge is -2.28. The smallest absolute Gasteiger partial charge is 0.407 e. The summed E-state index contributed by atoms with van der Waals surface area (Å²) >= 11 is 0. The molecule has 0 unspecified atom stereocenters. The quantitative estimate of drug-likeness (QED) is 0.587. The number of hydrogen-bond acceptors (Lipinski definition) is 4. The Bertz CT molecular complexity index is 225. The molecule has 0 spiro atoms. The average molecular weight is 216 g/mol. The van der Waals surface area contributed by atoms with Gasteiger partial charge in [-0.25, -0.2) is 4.79 Å². The number of hydrogen-bond donors (Lipinski definition) is 3. The van der Waals surface area contributed by atoms with Crippen LogP contribution in [-0.2, 0) is 4.74 Å². The monoisotopic (exact) mass is 216 g/mol. The van der Waals surface area contributed by atoms with Gasteiger partial charge in [-0.2, -0.15) is 0 Å². The standard InChI is InChI=1S/C10H20N2O3/c1-10(2,3)15-9(14)12-7-4-8(13)6-11-5-7/h7-8,11,13H,4-6H2,1-3H3,(H,12,14)/t7-,8-/m1/s1. The largest absolute Gasteiger partial charge is 0.444 e. The topological polar surface area (TPSA) is 70.6 Å². The zero-order chi connectivity index (χ0) is 11.5. The Morgan fingerprint density at radius 1 is 1.47 bits per heavy atom. The van der Waals surface area contributed by atoms with E-state index in [1.807, 2.05) is 20.8 Å². The minimum Gasteiger partial charge on any atom is -0.444 e. The number of aliphatic hydroxyl groups excluding tert-OH is 1. The Morgan fingerprint density at radius 3 is 2.67 bits per heavy atom. The third-order valence-corrected chi connectivity index (χ3v) is 2.05. The van der Waals surface area contributed by atoms with Crippen molar-refractivity contribution in [2.75, 3.05) is 13.1 Å². The number of ether oxygens (including phenoxy) is 1. The number of nitrogens with one attached hydrogen (secondary N) is 2. The summed E-state index contributed by atoms with van der Waals surface area (Å²) in [6.07, 6.45) is -0.242. The summed E-state index contributed by atoms with van der Waals surface area (Å²) in [4.78, 5) is 11.4. The van der Waals surface area contributed by atoms with Crippen LogP contribution in [0.2, 0.25) is 0 Å². The van der Waals surface area contributed by atoms with E-state index in [0.717, 1.165) is 0 Å². The molecule has 1 amide bonds. The van der Waals surface area contributed by atoms with Crippen LogP contribution in [0.4, 0.5) is 4.79 Å². The molecule has 5 heteroatoms. The summed E-state index contributed by atoms with van der Waals surface area (Å²) in [7, 11) is 0. The van der Waals surface area contributed by atoms with Crippen LogP contribution < -0.4 is 10.6 Å². The molecule has 15 heavy (non-hydrogen) atoms. The molecule has 3 N–H and O–H groups in total. The number of carbonyl (C=O) groups is 1. The zero-order valence-electron chi connectivity index (χ0n) is 9.54. The van der Waals surface area contributed by atoms with Gasteiger partial charge in [0.05, 0.1) is 6.10 Å². The van der Waals surface area contributed by atoms with E-state index in [1.54, 1.807) is 0 Å². The van der Waals surface area contributed by atoms with Crippen LogP contribution in [0.25, 0.3) is 0 Å². The number of aliphatic hydroxyl groups is 1. The van der Waals surface area contributed by atoms with Crippen LogP contribution in [0.1, 0.15) is 27.2 Å². The minimum absolute atomic E-state index is 0.0522. The van der Waals surface area contributed by atoms with E-state index in [4.69, 9.17) is 4.74 Å². The normalized spacial score (nSPS) is 27.2. The molecule has 1 aliphatic rings. The lowest BCUT2D eigenvalue weighted by atomic mass is 10.1. The maximum absolute atomic E-state index is 11.4. The lowest BCUT2D eigenvalue weighted by Crippen LogP contribution is -2.51. The molecule has 5 nitrogen and oxygen atoms in total. The summed E-state index contributed by atoms with van der Waals surface area (Å²) in [6, 6.07) is -0.0522. The summed E-state index contributed by atoms with van der Waals surface area (Å²) in [5.41, 5.74) is -0.481. The molecular weight excluding hydrogens is 196 g/mol. The fourth-order valence-electron chi connectivity index (χ4n) is 1.50. The van der Waals surface area contributed by atoms with Crippen molar-refractivity contribution in [2.45, 2.75) is 44.9 Å². The van der Waals surface area contributed by atoms with E-state index in [0.29, 0.717) is 19.5 Å². The number of β-amino-alcohol motifs (C(OH)–C–C–N with tert-alkyl or cyclic N) is 1. The molecule has 2 atom stereocenters. The molecule has 0 radical (unpaired) electrons. The Hall–Kier alpha value is -0.810. The average Bonchev–Trinajstić information content (AvgIpc) is 1.99. The van der Waals surface area contributed by atoms with Gasteiger partial charge in [-0.1, -0.05) is 0 Å². The molecule has 1 fully saturated rings. The van der Waals surface area contributed by atoms with Gasteiger partial charge in [-0.05, 0) is 27.2 Å². The predicted molar refractivity (Wildman–Crippen MR) is 56.7 cm³/mol.